The van der Waals surface area contributed by atoms with Gasteiger partial charge in [0, 0.05) is 11.1 Å². The number of hydrogen-bond acceptors (Lipinski definition) is 3. The van der Waals surface area contributed by atoms with Gasteiger partial charge in [0.05, 0.1) is 11.6 Å². The largest absolute Gasteiger partial charge is 0.306 e. The Bertz CT molecular complexity index is 491. The molecule has 2 nitrogen and oxygen atoms in total. The van der Waals surface area contributed by atoms with Crippen LogP contribution >= 0.6 is 11.3 Å². The van der Waals surface area contributed by atoms with Gasteiger partial charge in [0.1, 0.15) is 0 Å². The van der Waals surface area contributed by atoms with Crippen LogP contribution < -0.4 is 5.32 Å². The van der Waals surface area contributed by atoms with Crippen molar-refractivity contribution in [2.24, 2.45) is 0 Å². The fraction of sp³-hybridized carbons (Fsp3) is 0.400. The Morgan fingerprint density at radius 1 is 1.28 bits per heavy atom. The lowest BCUT2D eigenvalue weighted by molar-refractivity contribution is 0.604. The quantitative estimate of drug-likeness (QED) is 0.883. The zero-order valence-electron chi connectivity index (χ0n) is 11.2. The van der Waals surface area contributed by atoms with Gasteiger partial charge in [-0.15, -0.1) is 11.3 Å². The van der Waals surface area contributed by atoms with Gasteiger partial charge in [-0.05, 0) is 43.5 Å². The summed E-state index contributed by atoms with van der Waals surface area (Å²) in [4.78, 5) is 5.48. The molecule has 0 bridgehead atoms. The molecule has 0 saturated carbocycles. The van der Waals surface area contributed by atoms with Gasteiger partial charge in [0.15, 0.2) is 0 Å². The van der Waals surface area contributed by atoms with E-state index in [2.05, 4.69) is 49.3 Å². The SMILES string of the molecule is CCCNC(c1ccc(C)c(C)c1)c1cncs1. The molecule has 0 fully saturated rings. The van der Waals surface area contributed by atoms with Gasteiger partial charge >= 0.3 is 0 Å². The van der Waals surface area contributed by atoms with Gasteiger partial charge < -0.3 is 5.32 Å². The molecule has 0 spiro atoms. The second kappa shape index (κ2) is 6.12. The van der Waals surface area contributed by atoms with E-state index >= 15 is 0 Å². The molecule has 0 aliphatic carbocycles. The maximum absolute atomic E-state index is 4.20. The van der Waals surface area contributed by atoms with E-state index in [1.165, 1.54) is 21.6 Å². The monoisotopic (exact) mass is 260 g/mol. The van der Waals surface area contributed by atoms with Crippen LogP contribution in [0.4, 0.5) is 0 Å². The van der Waals surface area contributed by atoms with E-state index in [0.29, 0.717) is 0 Å². The van der Waals surface area contributed by atoms with Crippen molar-refractivity contribution in [3.63, 3.8) is 0 Å². The van der Waals surface area contributed by atoms with Crippen LogP contribution in [-0.2, 0) is 0 Å². The smallest absolute Gasteiger partial charge is 0.0794 e. The molecule has 0 aliphatic heterocycles. The molecule has 3 heteroatoms. The molecule has 0 aliphatic rings. The third-order valence-electron chi connectivity index (χ3n) is 3.20. The summed E-state index contributed by atoms with van der Waals surface area (Å²) in [5.74, 6) is 0. The van der Waals surface area contributed by atoms with Crippen LogP contribution in [-0.4, -0.2) is 11.5 Å². The van der Waals surface area contributed by atoms with Crippen LogP contribution in [0.25, 0.3) is 0 Å². The van der Waals surface area contributed by atoms with Crippen LogP contribution in [0.3, 0.4) is 0 Å². The molecule has 1 unspecified atom stereocenters. The van der Waals surface area contributed by atoms with Crippen LogP contribution in [0, 0.1) is 13.8 Å². The van der Waals surface area contributed by atoms with Crippen molar-refractivity contribution in [2.75, 3.05) is 6.54 Å². The van der Waals surface area contributed by atoms with Gasteiger partial charge in [-0.3, -0.25) is 4.98 Å². The van der Waals surface area contributed by atoms with E-state index in [1.54, 1.807) is 11.3 Å². The van der Waals surface area contributed by atoms with Crippen molar-refractivity contribution in [3.05, 3.63) is 51.5 Å². The number of nitrogens with one attached hydrogen (secondary N) is 1. The highest BCUT2D eigenvalue weighted by Gasteiger charge is 2.15. The first kappa shape index (κ1) is 13.2. The average Bonchev–Trinajstić information content (AvgIpc) is 2.88. The first-order chi connectivity index (χ1) is 8.72. The lowest BCUT2D eigenvalue weighted by Crippen LogP contribution is -2.22. The van der Waals surface area contributed by atoms with Gasteiger partial charge in [-0.1, -0.05) is 25.1 Å². The molecular formula is C15H20N2S. The Hall–Kier alpha value is -1.19. The molecule has 1 N–H and O–H groups in total. The fourth-order valence-corrected chi connectivity index (χ4v) is 2.70. The number of hydrogen-bond donors (Lipinski definition) is 1. The minimum atomic E-state index is 0.275. The predicted octanol–water partition coefficient (Wildman–Crippen LogP) is 3.85. The highest BCUT2D eigenvalue weighted by Crippen LogP contribution is 2.26. The molecule has 1 atom stereocenters. The van der Waals surface area contributed by atoms with Crippen molar-refractivity contribution in [1.29, 1.82) is 0 Å². The molecule has 96 valence electrons. The third-order valence-corrected chi connectivity index (χ3v) is 4.04. The Morgan fingerprint density at radius 3 is 2.72 bits per heavy atom. The van der Waals surface area contributed by atoms with E-state index in [9.17, 15) is 0 Å². The Labute approximate surface area is 113 Å². The molecule has 1 heterocycles. The number of aryl methyl sites for hydroxylation is 2. The first-order valence-electron chi connectivity index (χ1n) is 6.41. The maximum atomic E-state index is 4.20. The van der Waals surface area contributed by atoms with Gasteiger partial charge in [-0.25, -0.2) is 0 Å². The van der Waals surface area contributed by atoms with Crippen LogP contribution in [0.5, 0.6) is 0 Å². The fourth-order valence-electron chi connectivity index (χ4n) is 1.98. The lowest BCUT2D eigenvalue weighted by atomic mass is 10.0. The summed E-state index contributed by atoms with van der Waals surface area (Å²) in [6.45, 7) is 7.54. The van der Waals surface area contributed by atoms with E-state index in [0.717, 1.165) is 13.0 Å². The van der Waals surface area contributed by atoms with Crippen molar-refractivity contribution in [3.8, 4) is 0 Å². The third kappa shape index (κ3) is 2.98. The molecule has 2 aromatic rings. The minimum Gasteiger partial charge on any atom is -0.306 e. The number of nitrogens with zero attached hydrogens (tertiary/aromatic N) is 1. The van der Waals surface area contributed by atoms with Crippen molar-refractivity contribution < 1.29 is 0 Å². The summed E-state index contributed by atoms with van der Waals surface area (Å²) < 4.78 is 0. The van der Waals surface area contributed by atoms with Gasteiger partial charge in [-0.2, -0.15) is 0 Å². The zero-order chi connectivity index (χ0) is 13.0. The first-order valence-corrected chi connectivity index (χ1v) is 7.29. The second-order valence-corrected chi connectivity index (χ2v) is 5.55. The summed E-state index contributed by atoms with van der Waals surface area (Å²) in [6.07, 6.45) is 3.10. The maximum Gasteiger partial charge on any atom is 0.0794 e. The summed E-state index contributed by atoms with van der Waals surface area (Å²) in [7, 11) is 0. The molecule has 0 amide bonds. The summed E-state index contributed by atoms with van der Waals surface area (Å²) >= 11 is 1.71. The summed E-state index contributed by atoms with van der Waals surface area (Å²) in [6, 6.07) is 6.97. The minimum absolute atomic E-state index is 0.275. The van der Waals surface area contributed by atoms with Crippen LogP contribution in [0.2, 0.25) is 0 Å². The highest BCUT2D eigenvalue weighted by molar-refractivity contribution is 7.09. The number of rotatable bonds is 5. The van der Waals surface area contributed by atoms with E-state index in [-0.39, 0.29) is 6.04 Å². The summed E-state index contributed by atoms with van der Waals surface area (Å²) in [5, 5.41) is 3.61. The van der Waals surface area contributed by atoms with Crippen molar-refractivity contribution in [1.82, 2.24) is 10.3 Å². The van der Waals surface area contributed by atoms with Crippen LogP contribution in [0.15, 0.2) is 29.9 Å². The molecule has 0 radical (unpaired) electrons. The highest BCUT2D eigenvalue weighted by atomic mass is 32.1. The zero-order valence-corrected chi connectivity index (χ0v) is 12.1. The van der Waals surface area contributed by atoms with Crippen molar-refractivity contribution >= 4 is 11.3 Å². The van der Waals surface area contributed by atoms with Gasteiger partial charge in [0.25, 0.3) is 0 Å². The number of benzene rings is 1. The van der Waals surface area contributed by atoms with Crippen molar-refractivity contribution in [2.45, 2.75) is 33.2 Å². The van der Waals surface area contributed by atoms with Crippen LogP contribution in [0.1, 0.15) is 41.0 Å². The Morgan fingerprint density at radius 2 is 2.11 bits per heavy atom. The Kier molecular flexibility index (Phi) is 4.50. The lowest BCUT2D eigenvalue weighted by Gasteiger charge is -2.18. The van der Waals surface area contributed by atoms with E-state index in [4.69, 9.17) is 0 Å². The molecular weight excluding hydrogens is 240 g/mol. The molecule has 0 saturated heterocycles. The second-order valence-electron chi connectivity index (χ2n) is 4.63. The van der Waals surface area contributed by atoms with E-state index in [1.807, 2.05) is 11.7 Å². The molecule has 18 heavy (non-hydrogen) atoms. The normalized spacial score (nSPS) is 12.6. The van der Waals surface area contributed by atoms with Gasteiger partial charge in [0.2, 0.25) is 0 Å². The Balaban J connectivity index is 2.30. The standard InChI is InChI=1S/C15H20N2S/c1-4-7-17-15(14-9-16-10-18-14)13-6-5-11(2)12(3)8-13/h5-6,8-10,15,17H,4,7H2,1-3H3. The molecule has 1 aromatic carbocycles. The number of thiazole rings is 1. The molecule has 1 aromatic heterocycles. The summed E-state index contributed by atoms with van der Waals surface area (Å²) in [5.41, 5.74) is 5.92. The predicted molar refractivity (Wildman–Crippen MR) is 78.2 cm³/mol. The van der Waals surface area contributed by atoms with E-state index < -0.39 is 0 Å². The average molecular weight is 260 g/mol. The molecule has 2 rings (SSSR count). The topological polar surface area (TPSA) is 24.9 Å². The number of aromatic nitrogens is 1.